The molecule has 1 unspecified atom stereocenters. The van der Waals surface area contributed by atoms with Gasteiger partial charge in [0.2, 0.25) is 5.91 Å². The van der Waals surface area contributed by atoms with E-state index in [1.54, 1.807) is 6.92 Å². The van der Waals surface area contributed by atoms with Gasteiger partial charge in [0, 0.05) is 23.1 Å². The quantitative estimate of drug-likeness (QED) is 0.830. The van der Waals surface area contributed by atoms with Gasteiger partial charge in [-0.3, -0.25) is 4.79 Å². The molecule has 1 aliphatic heterocycles. The van der Waals surface area contributed by atoms with Crippen molar-refractivity contribution in [3.05, 3.63) is 60.2 Å². The molecule has 0 saturated heterocycles. The van der Waals surface area contributed by atoms with Crippen LogP contribution in [0.3, 0.4) is 0 Å². The summed E-state index contributed by atoms with van der Waals surface area (Å²) in [6.07, 6.45) is 0.955. The highest BCUT2D eigenvalue weighted by Gasteiger charge is 2.36. The van der Waals surface area contributed by atoms with Gasteiger partial charge in [-0.2, -0.15) is 0 Å². The lowest BCUT2D eigenvalue weighted by Crippen LogP contribution is -2.45. The Kier molecular flexibility index (Phi) is 3.77. The molecule has 0 radical (unpaired) electrons. The van der Waals surface area contributed by atoms with Gasteiger partial charge in [0.1, 0.15) is 0 Å². The Bertz CT molecular complexity index is 655. The van der Waals surface area contributed by atoms with Crippen molar-refractivity contribution in [2.75, 3.05) is 11.4 Å². The molecular formula is C18H19NOS. The first-order valence-corrected chi connectivity index (χ1v) is 7.99. The highest BCUT2D eigenvalue weighted by molar-refractivity contribution is 8.01. The number of carbonyl (C=O) groups excluding carboxylic acids is 1. The van der Waals surface area contributed by atoms with Crippen molar-refractivity contribution in [3.63, 3.8) is 0 Å². The topological polar surface area (TPSA) is 20.3 Å². The van der Waals surface area contributed by atoms with Crippen molar-refractivity contribution in [1.82, 2.24) is 0 Å². The molecule has 0 spiro atoms. The first-order valence-electron chi connectivity index (χ1n) is 7.17. The van der Waals surface area contributed by atoms with E-state index < -0.39 is 0 Å². The Labute approximate surface area is 130 Å². The van der Waals surface area contributed by atoms with Crippen molar-refractivity contribution >= 4 is 23.4 Å². The van der Waals surface area contributed by atoms with Gasteiger partial charge in [-0.25, -0.2) is 0 Å². The summed E-state index contributed by atoms with van der Waals surface area (Å²) in [5, 5.41) is 0. The zero-order chi connectivity index (χ0) is 14.9. The minimum atomic E-state index is 0.00137. The molecule has 1 amide bonds. The van der Waals surface area contributed by atoms with Gasteiger partial charge in [0.05, 0.1) is 5.69 Å². The lowest BCUT2D eigenvalue weighted by atomic mass is 9.99. The maximum Gasteiger partial charge on any atom is 0.223 e. The maximum absolute atomic E-state index is 12.0. The monoisotopic (exact) mass is 297 g/mol. The molecule has 2 aromatic carbocycles. The molecule has 1 heterocycles. The number of rotatable bonds is 2. The van der Waals surface area contributed by atoms with Gasteiger partial charge < -0.3 is 4.90 Å². The van der Waals surface area contributed by atoms with E-state index in [2.05, 4.69) is 37.3 Å². The van der Waals surface area contributed by atoms with E-state index in [9.17, 15) is 4.79 Å². The number of amides is 1. The number of hydrogen-bond donors (Lipinski definition) is 0. The Balaban J connectivity index is 1.93. The van der Waals surface area contributed by atoms with Crippen LogP contribution in [0.5, 0.6) is 0 Å². The summed E-state index contributed by atoms with van der Waals surface area (Å²) in [5.74, 6) is 0.113. The van der Waals surface area contributed by atoms with Crippen LogP contribution in [0.15, 0.2) is 59.5 Å². The van der Waals surface area contributed by atoms with Gasteiger partial charge >= 0.3 is 0 Å². The predicted octanol–water partition coefficient (Wildman–Crippen LogP) is 4.15. The summed E-state index contributed by atoms with van der Waals surface area (Å²) < 4.78 is 0.00137. The third kappa shape index (κ3) is 2.98. The smallest absolute Gasteiger partial charge is 0.223 e. The number of nitrogens with zero attached hydrogens (tertiary/aromatic N) is 1. The number of fused-ring (bicyclic) bond motifs is 1. The number of hydrogen-bond acceptors (Lipinski definition) is 2. The van der Waals surface area contributed by atoms with Crippen molar-refractivity contribution in [1.29, 1.82) is 0 Å². The molecule has 108 valence electrons. The van der Waals surface area contributed by atoms with Crippen LogP contribution in [0.4, 0.5) is 5.69 Å². The molecule has 3 heteroatoms. The van der Waals surface area contributed by atoms with Crippen LogP contribution in [0.1, 0.15) is 19.4 Å². The normalized spacial score (nSPS) is 21.0. The Morgan fingerprint density at radius 3 is 2.52 bits per heavy atom. The molecule has 2 nitrogen and oxygen atoms in total. The molecule has 1 atom stereocenters. The fraction of sp³-hybridized carbons (Fsp3) is 0.278. The first kappa shape index (κ1) is 14.2. The second-order valence-corrected chi connectivity index (χ2v) is 7.42. The average Bonchev–Trinajstić information content (AvgIpc) is 2.47. The number of carbonyl (C=O) groups is 1. The van der Waals surface area contributed by atoms with Crippen molar-refractivity contribution in [2.24, 2.45) is 0 Å². The fourth-order valence-corrected chi connectivity index (χ4v) is 4.28. The van der Waals surface area contributed by atoms with Crippen LogP contribution in [-0.2, 0) is 11.2 Å². The maximum atomic E-state index is 12.0. The predicted molar refractivity (Wildman–Crippen MR) is 88.9 cm³/mol. The van der Waals surface area contributed by atoms with Crippen LogP contribution in [0, 0.1) is 0 Å². The zero-order valence-corrected chi connectivity index (χ0v) is 13.2. The highest BCUT2D eigenvalue weighted by Crippen LogP contribution is 2.45. The van der Waals surface area contributed by atoms with Crippen LogP contribution in [0.25, 0.3) is 0 Å². The largest absolute Gasteiger partial charge is 0.310 e. The summed E-state index contributed by atoms with van der Waals surface area (Å²) in [4.78, 5) is 15.1. The van der Waals surface area contributed by atoms with Gasteiger partial charge in [-0.05, 0) is 31.0 Å². The molecule has 0 N–H and O–H groups in total. The summed E-state index contributed by atoms with van der Waals surface area (Å²) in [6, 6.07) is 18.7. The fourth-order valence-electron chi connectivity index (χ4n) is 2.88. The van der Waals surface area contributed by atoms with Crippen molar-refractivity contribution in [3.8, 4) is 0 Å². The lowest BCUT2D eigenvalue weighted by Gasteiger charge is -2.40. The minimum Gasteiger partial charge on any atom is -0.310 e. The summed E-state index contributed by atoms with van der Waals surface area (Å²) in [5.41, 5.74) is 2.36. The first-order chi connectivity index (χ1) is 10.1. The second-order valence-electron chi connectivity index (χ2n) is 5.79. The molecular weight excluding hydrogens is 278 g/mol. The Hall–Kier alpha value is -1.74. The van der Waals surface area contributed by atoms with Gasteiger partial charge in [0.15, 0.2) is 0 Å². The summed E-state index contributed by atoms with van der Waals surface area (Å²) >= 11 is 1.88. The van der Waals surface area contributed by atoms with E-state index >= 15 is 0 Å². The molecule has 0 aliphatic carbocycles. The molecule has 0 bridgehead atoms. The third-order valence-corrected chi connectivity index (χ3v) is 5.14. The molecule has 2 aromatic rings. The summed E-state index contributed by atoms with van der Waals surface area (Å²) in [7, 11) is 0. The third-order valence-electron chi connectivity index (χ3n) is 3.81. The SMILES string of the molecule is CC(=O)N1CC(C)(Cc2ccccc2)Sc2ccccc21. The zero-order valence-electron chi connectivity index (χ0n) is 12.4. The van der Waals surface area contributed by atoms with E-state index in [4.69, 9.17) is 0 Å². The molecule has 0 aromatic heterocycles. The number of anilines is 1. The van der Waals surface area contributed by atoms with E-state index in [0.717, 1.165) is 18.7 Å². The van der Waals surface area contributed by atoms with E-state index in [0.29, 0.717) is 0 Å². The average molecular weight is 297 g/mol. The van der Waals surface area contributed by atoms with E-state index in [1.165, 1.54) is 10.5 Å². The number of benzene rings is 2. The number of para-hydroxylation sites is 1. The lowest BCUT2D eigenvalue weighted by molar-refractivity contribution is -0.116. The van der Waals surface area contributed by atoms with Crippen LogP contribution < -0.4 is 4.90 Å². The van der Waals surface area contributed by atoms with E-state index in [1.807, 2.05) is 40.9 Å². The van der Waals surface area contributed by atoms with Crippen LogP contribution in [0.2, 0.25) is 0 Å². The molecule has 0 saturated carbocycles. The van der Waals surface area contributed by atoms with Crippen LogP contribution >= 0.6 is 11.8 Å². The van der Waals surface area contributed by atoms with Gasteiger partial charge in [-0.1, -0.05) is 42.5 Å². The molecule has 0 fully saturated rings. The molecule has 1 aliphatic rings. The van der Waals surface area contributed by atoms with Crippen molar-refractivity contribution < 1.29 is 4.79 Å². The standard InChI is InChI=1S/C18H19NOS/c1-14(20)19-13-18(2,12-15-8-4-3-5-9-15)21-17-11-7-6-10-16(17)19/h3-11H,12-13H2,1-2H3. The van der Waals surface area contributed by atoms with Gasteiger partial charge in [-0.15, -0.1) is 11.8 Å². The molecule has 3 rings (SSSR count). The number of thioether (sulfide) groups is 1. The highest BCUT2D eigenvalue weighted by atomic mass is 32.2. The van der Waals surface area contributed by atoms with Gasteiger partial charge in [0.25, 0.3) is 0 Å². The van der Waals surface area contributed by atoms with Crippen molar-refractivity contribution in [2.45, 2.75) is 29.9 Å². The second kappa shape index (κ2) is 5.57. The Morgan fingerprint density at radius 1 is 1.14 bits per heavy atom. The van der Waals surface area contributed by atoms with E-state index in [-0.39, 0.29) is 10.7 Å². The summed E-state index contributed by atoms with van der Waals surface area (Å²) in [6.45, 7) is 4.64. The Morgan fingerprint density at radius 2 is 1.81 bits per heavy atom. The van der Waals surface area contributed by atoms with Crippen LogP contribution in [-0.4, -0.2) is 17.2 Å². The molecule has 21 heavy (non-hydrogen) atoms. The minimum absolute atomic E-state index is 0.00137.